The van der Waals surface area contributed by atoms with E-state index in [2.05, 4.69) is 34.8 Å². The van der Waals surface area contributed by atoms with Crippen molar-refractivity contribution >= 4 is 16.9 Å². The minimum absolute atomic E-state index is 0.144. The molecule has 0 radical (unpaired) electrons. The number of nitrogens with two attached hydrogens (primary N) is 1. The van der Waals surface area contributed by atoms with Gasteiger partial charge in [0.05, 0.1) is 16.6 Å². The van der Waals surface area contributed by atoms with Gasteiger partial charge in [0.25, 0.3) is 0 Å². The molecule has 0 aliphatic carbocycles. The number of carbonyl (C=O) groups excluding carboxylic acids is 1. The Balaban J connectivity index is 2.15. The number of hydrogen-bond donors (Lipinski definition) is 2. The Morgan fingerprint density at radius 2 is 2.05 bits per heavy atom. The molecule has 0 bridgehead atoms. The zero-order valence-electron chi connectivity index (χ0n) is 13.2. The SMILES string of the molecule is CC(C)n1c(CCNC(=O)C(C)(C)N)nc2ccccc21. The van der Waals surface area contributed by atoms with Crippen molar-refractivity contribution in [3.8, 4) is 0 Å². The van der Waals surface area contributed by atoms with Crippen molar-refractivity contribution in [2.75, 3.05) is 6.54 Å². The molecule has 114 valence electrons. The van der Waals surface area contributed by atoms with Gasteiger partial charge in [-0.25, -0.2) is 4.98 Å². The van der Waals surface area contributed by atoms with Crippen LogP contribution in [0.3, 0.4) is 0 Å². The quantitative estimate of drug-likeness (QED) is 0.884. The van der Waals surface area contributed by atoms with Crippen LogP contribution in [0.2, 0.25) is 0 Å². The molecule has 2 aromatic rings. The minimum Gasteiger partial charge on any atom is -0.354 e. The topological polar surface area (TPSA) is 72.9 Å². The van der Waals surface area contributed by atoms with Crippen LogP contribution in [-0.2, 0) is 11.2 Å². The number of rotatable bonds is 5. The highest BCUT2D eigenvalue weighted by atomic mass is 16.2. The van der Waals surface area contributed by atoms with E-state index in [1.165, 1.54) is 0 Å². The van der Waals surface area contributed by atoms with E-state index in [9.17, 15) is 4.79 Å². The molecule has 3 N–H and O–H groups in total. The summed E-state index contributed by atoms with van der Waals surface area (Å²) in [6.07, 6.45) is 0.689. The molecular formula is C16H24N4O. The first-order valence-corrected chi connectivity index (χ1v) is 7.33. The van der Waals surface area contributed by atoms with Crippen molar-refractivity contribution in [1.82, 2.24) is 14.9 Å². The van der Waals surface area contributed by atoms with Crippen molar-refractivity contribution in [3.05, 3.63) is 30.1 Å². The second-order valence-electron chi connectivity index (χ2n) is 6.21. The molecule has 5 nitrogen and oxygen atoms in total. The number of nitrogens with one attached hydrogen (secondary N) is 1. The molecule has 2 rings (SSSR count). The first-order chi connectivity index (χ1) is 9.80. The van der Waals surface area contributed by atoms with E-state index < -0.39 is 5.54 Å². The van der Waals surface area contributed by atoms with Crippen LogP contribution in [0.4, 0.5) is 0 Å². The van der Waals surface area contributed by atoms with E-state index in [0.717, 1.165) is 16.9 Å². The number of aromatic nitrogens is 2. The predicted octanol–water partition coefficient (Wildman–Crippen LogP) is 2.01. The second-order valence-corrected chi connectivity index (χ2v) is 6.21. The summed E-state index contributed by atoms with van der Waals surface area (Å²) in [6.45, 7) is 8.21. The summed E-state index contributed by atoms with van der Waals surface area (Å²) >= 11 is 0. The first-order valence-electron chi connectivity index (χ1n) is 7.33. The van der Waals surface area contributed by atoms with Crippen molar-refractivity contribution in [3.63, 3.8) is 0 Å². The van der Waals surface area contributed by atoms with E-state index in [-0.39, 0.29) is 5.91 Å². The van der Waals surface area contributed by atoms with Crippen LogP contribution in [0.25, 0.3) is 11.0 Å². The Morgan fingerprint density at radius 1 is 1.38 bits per heavy atom. The number of carbonyl (C=O) groups is 1. The lowest BCUT2D eigenvalue weighted by atomic mass is 10.1. The molecule has 1 amide bonds. The van der Waals surface area contributed by atoms with Crippen LogP contribution < -0.4 is 11.1 Å². The maximum absolute atomic E-state index is 11.8. The fourth-order valence-electron chi connectivity index (χ4n) is 2.36. The average molecular weight is 288 g/mol. The monoisotopic (exact) mass is 288 g/mol. The van der Waals surface area contributed by atoms with Gasteiger partial charge in [-0.05, 0) is 39.8 Å². The maximum atomic E-state index is 11.8. The molecule has 0 unspecified atom stereocenters. The molecule has 0 fully saturated rings. The maximum Gasteiger partial charge on any atom is 0.239 e. The molecule has 1 aromatic carbocycles. The number of fused-ring (bicyclic) bond motifs is 1. The molecule has 1 aromatic heterocycles. The smallest absolute Gasteiger partial charge is 0.239 e. The third kappa shape index (κ3) is 3.42. The van der Waals surface area contributed by atoms with E-state index in [1.807, 2.05) is 18.2 Å². The molecule has 0 spiro atoms. The number of hydrogen-bond acceptors (Lipinski definition) is 3. The van der Waals surface area contributed by atoms with Gasteiger partial charge in [-0.2, -0.15) is 0 Å². The summed E-state index contributed by atoms with van der Waals surface area (Å²) in [5.74, 6) is 0.844. The van der Waals surface area contributed by atoms with Crippen molar-refractivity contribution in [1.29, 1.82) is 0 Å². The summed E-state index contributed by atoms with van der Waals surface area (Å²) in [6, 6.07) is 8.43. The lowest BCUT2D eigenvalue weighted by Crippen LogP contribution is -2.49. The Bertz CT molecular complexity index is 637. The highest BCUT2D eigenvalue weighted by molar-refractivity contribution is 5.85. The van der Waals surface area contributed by atoms with Crippen LogP contribution in [0.5, 0.6) is 0 Å². The van der Waals surface area contributed by atoms with Gasteiger partial charge < -0.3 is 15.6 Å². The number of para-hydroxylation sites is 2. The van der Waals surface area contributed by atoms with Gasteiger partial charge in [-0.15, -0.1) is 0 Å². The molecule has 21 heavy (non-hydrogen) atoms. The third-order valence-corrected chi connectivity index (χ3v) is 3.40. The van der Waals surface area contributed by atoms with Gasteiger partial charge in [0, 0.05) is 19.0 Å². The summed E-state index contributed by atoms with van der Waals surface area (Å²) in [4.78, 5) is 16.5. The normalized spacial score (nSPS) is 12.1. The molecule has 0 aliphatic rings. The van der Waals surface area contributed by atoms with E-state index >= 15 is 0 Å². The number of imidazole rings is 1. The summed E-state index contributed by atoms with van der Waals surface area (Å²) in [7, 11) is 0. The first kappa shape index (κ1) is 15.5. The molecule has 0 aliphatic heterocycles. The van der Waals surface area contributed by atoms with Crippen molar-refractivity contribution in [2.24, 2.45) is 5.73 Å². The second kappa shape index (κ2) is 5.85. The highest BCUT2D eigenvalue weighted by Crippen LogP contribution is 2.20. The molecule has 5 heteroatoms. The number of nitrogens with zero attached hydrogens (tertiary/aromatic N) is 2. The number of benzene rings is 1. The lowest BCUT2D eigenvalue weighted by molar-refractivity contribution is -0.125. The highest BCUT2D eigenvalue weighted by Gasteiger charge is 2.21. The van der Waals surface area contributed by atoms with Crippen LogP contribution in [0.15, 0.2) is 24.3 Å². The fourth-order valence-corrected chi connectivity index (χ4v) is 2.36. The largest absolute Gasteiger partial charge is 0.354 e. The Hall–Kier alpha value is -1.88. The molecular weight excluding hydrogens is 264 g/mol. The van der Waals surface area contributed by atoms with Gasteiger partial charge >= 0.3 is 0 Å². The van der Waals surface area contributed by atoms with Gasteiger partial charge in [0.15, 0.2) is 0 Å². The Morgan fingerprint density at radius 3 is 2.67 bits per heavy atom. The summed E-state index contributed by atoms with van der Waals surface area (Å²) in [5, 5.41) is 2.86. The Kier molecular flexibility index (Phi) is 4.32. The fraction of sp³-hybridized carbons (Fsp3) is 0.500. The van der Waals surface area contributed by atoms with Gasteiger partial charge in [-0.1, -0.05) is 12.1 Å². The van der Waals surface area contributed by atoms with E-state index in [4.69, 9.17) is 5.73 Å². The lowest BCUT2D eigenvalue weighted by Gasteiger charge is -2.18. The third-order valence-electron chi connectivity index (χ3n) is 3.40. The summed E-state index contributed by atoms with van der Waals surface area (Å²) in [5.41, 5.74) is 7.04. The zero-order valence-corrected chi connectivity index (χ0v) is 13.2. The molecule has 0 saturated heterocycles. The molecule has 0 saturated carbocycles. The predicted molar refractivity (Wildman–Crippen MR) is 85.1 cm³/mol. The van der Waals surface area contributed by atoms with Crippen molar-refractivity contribution in [2.45, 2.75) is 45.7 Å². The van der Waals surface area contributed by atoms with E-state index in [0.29, 0.717) is 19.0 Å². The van der Waals surface area contributed by atoms with Gasteiger partial charge in [0.1, 0.15) is 5.82 Å². The number of amides is 1. The standard InChI is InChI=1S/C16H24N4O/c1-11(2)20-13-8-6-5-7-12(13)19-14(20)9-10-18-15(21)16(3,4)17/h5-8,11H,9-10,17H2,1-4H3,(H,18,21). The molecule has 0 atom stereocenters. The van der Waals surface area contributed by atoms with Crippen LogP contribution in [0.1, 0.15) is 39.6 Å². The van der Waals surface area contributed by atoms with Gasteiger partial charge in [-0.3, -0.25) is 4.79 Å². The Labute approximate surface area is 125 Å². The summed E-state index contributed by atoms with van der Waals surface area (Å²) < 4.78 is 2.22. The van der Waals surface area contributed by atoms with Crippen LogP contribution in [0, 0.1) is 0 Å². The van der Waals surface area contributed by atoms with Crippen molar-refractivity contribution < 1.29 is 4.79 Å². The average Bonchev–Trinajstić information content (AvgIpc) is 2.75. The van der Waals surface area contributed by atoms with Crippen LogP contribution >= 0.6 is 0 Å². The van der Waals surface area contributed by atoms with Crippen LogP contribution in [-0.4, -0.2) is 27.5 Å². The van der Waals surface area contributed by atoms with Gasteiger partial charge in [0.2, 0.25) is 5.91 Å². The minimum atomic E-state index is -0.849. The van der Waals surface area contributed by atoms with E-state index in [1.54, 1.807) is 13.8 Å². The zero-order chi connectivity index (χ0) is 15.6. The molecule has 1 heterocycles.